The van der Waals surface area contributed by atoms with Gasteiger partial charge in [-0.25, -0.2) is 12.8 Å². The summed E-state index contributed by atoms with van der Waals surface area (Å²) < 4.78 is 1.16. The Morgan fingerprint density at radius 2 is 1.10 bits per heavy atom. The van der Waals surface area contributed by atoms with Crippen LogP contribution < -0.4 is 0 Å². The van der Waals surface area contributed by atoms with E-state index >= 15 is 0 Å². The Morgan fingerprint density at radius 1 is 0.793 bits per heavy atom. The number of thiocarbonyl (C=S) groups is 2. The van der Waals surface area contributed by atoms with Gasteiger partial charge in [-0.3, -0.25) is 0 Å². The molecule has 0 aliphatic heterocycles. The van der Waals surface area contributed by atoms with Crippen molar-refractivity contribution in [3.8, 4) is 0 Å². The molecule has 2 aliphatic rings. The van der Waals surface area contributed by atoms with Crippen LogP contribution >= 0.6 is 24.4 Å². The normalized spacial score (nSPS) is 14.2. The van der Waals surface area contributed by atoms with Gasteiger partial charge in [0.15, 0.2) is 0 Å². The standard InChI is InChI=1S/C6H7.2C5H11NS2.C5H4.Au.Fe/c1-6-4-2-3-5-6;2*1-3-6(4-2)5(7)8;1-2-4-5-3-1;;/h2-5H,1H3;2*3-4H2,1-2H3,(H,7,8);1-4H;;/q;;;-1;+3;/p-2. The van der Waals surface area contributed by atoms with Crippen molar-refractivity contribution in [3.63, 3.8) is 0 Å². The van der Waals surface area contributed by atoms with Gasteiger partial charge >= 0.3 is 22.4 Å². The molecule has 0 saturated heterocycles. The molecule has 168 valence electrons. The summed E-state index contributed by atoms with van der Waals surface area (Å²) in [6, 6.07) is 0. The van der Waals surface area contributed by atoms with Crippen LogP contribution in [0.5, 0.6) is 0 Å². The average molecular weight is 693 g/mol. The van der Waals surface area contributed by atoms with Crippen LogP contribution in [0.25, 0.3) is 0 Å². The van der Waals surface area contributed by atoms with E-state index in [1.807, 2.05) is 76.0 Å². The fourth-order valence-corrected chi connectivity index (χ4v) is 2.74. The molecule has 0 unspecified atom stereocenters. The fraction of sp³-hybridized carbons (Fsp3) is 0.429. The smallest absolute Gasteiger partial charge is 0.474 e. The van der Waals surface area contributed by atoms with Gasteiger partial charge in [0.25, 0.3) is 0 Å². The molecule has 2 fully saturated rings. The summed E-state index contributed by atoms with van der Waals surface area (Å²) in [5, 5.41) is 0. The average Bonchev–Trinajstić information content (AvgIpc) is 3.34. The predicted octanol–water partition coefficient (Wildman–Crippen LogP) is 4.63. The van der Waals surface area contributed by atoms with Gasteiger partial charge in [0.1, 0.15) is 0 Å². The largest absolute Gasteiger partial charge is 3.00 e. The van der Waals surface area contributed by atoms with E-state index in [1.165, 1.54) is 5.92 Å². The summed E-state index contributed by atoms with van der Waals surface area (Å²) in [6.07, 6.45) is 18.7. The Hall–Kier alpha value is 1.48. The monoisotopic (exact) mass is 692 g/mol. The maximum absolute atomic E-state index is 4.76. The quantitative estimate of drug-likeness (QED) is 0.183. The van der Waals surface area contributed by atoms with Crippen molar-refractivity contribution in [1.82, 2.24) is 9.80 Å². The summed E-state index contributed by atoms with van der Waals surface area (Å²) in [5.41, 5.74) is 0. The SMILES string of the molecule is CCN(CC)C(=S)[S-].CCN(CC)C(=S)[S-].C[C]1[CH][CH][CH][CH]1.[Au+3].[C-]1[CH][CH][CH][CH]1.[Fe]. The van der Waals surface area contributed by atoms with Gasteiger partial charge in [-0.2, -0.15) is 0 Å². The summed E-state index contributed by atoms with van der Waals surface area (Å²) in [5.74, 6) is 1.34. The molecular formula is C21H31AuFeN2S4. The first kappa shape index (κ1) is 37.8. The minimum Gasteiger partial charge on any atom is -0.474 e. The second kappa shape index (κ2) is 27.5. The van der Waals surface area contributed by atoms with Crippen molar-refractivity contribution in [1.29, 1.82) is 0 Å². The number of rotatable bonds is 4. The van der Waals surface area contributed by atoms with Crippen LogP contribution in [0.15, 0.2) is 0 Å². The number of hydrogen-bond donors (Lipinski definition) is 0. The minimum atomic E-state index is 0. The Bertz CT molecular complexity index is 329. The Balaban J connectivity index is -0.000000142. The Labute approximate surface area is 230 Å². The predicted molar refractivity (Wildman–Crippen MR) is 132 cm³/mol. The van der Waals surface area contributed by atoms with E-state index in [9.17, 15) is 0 Å². The molecule has 0 atom stereocenters. The molecule has 10 radical (unpaired) electrons. The van der Waals surface area contributed by atoms with Crippen molar-refractivity contribution >= 4 is 58.3 Å². The van der Waals surface area contributed by atoms with Crippen molar-refractivity contribution in [2.45, 2.75) is 34.6 Å². The molecule has 0 spiro atoms. The van der Waals surface area contributed by atoms with Gasteiger partial charge in [0.2, 0.25) is 0 Å². The molecule has 0 heterocycles. The molecule has 2 aliphatic carbocycles. The summed E-state index contributed by atoms with van der Waals surface area (Å²) in [7, 11) is 0. The first-order valence-corrected chi connectivity index (χ1v) is 10.6. The van der Waals surface area contributed by atoms with Gasteiger partial charge in [-0.1, -0.05) is 28.4 Å². The van der Waals surface area contributed by atoms with Gasteiger partial charge in [0, 0.05) is 43.2 Å². The second-order valence-electron chi connectivity index (χ2n) is 5.22. The molecule has 29 heavy (non-hydrogen) atoms. The van der Waals surface area contributed by atoms with Gasteiger partial charge in [-0.05, 0) is 59.3 Å². The molecule has 0 amide bonds. The van der Waals surface area contributed by atoms with E-state index in [-0.39, 0.29) is 39.4 Å². The Morgan fingerprint density at radius 3 is 1.17 bits per heavy atom. The maximum Gasteiger partial charge on any atom is 3.00 e. The molecule has 0 aromatic rings. The van der Waals surface area contributed by atoms with Crippen LogP contribution in [0.4, 0.5) is 0 Å². The molecule has 8 heteroatoms. The van der Waals surface area contributed by atoms with E-state index < -0.39 is 0 Å². The first-order valence-electron chi connectivity index (χ1n) is 9.01. The van der Waals surface area contributed by atoms with Crippen LogP contribution in [0, 0.1) is 63.7 Å². The zero-order valence-corrected chi connectivity index (χ0v) is 24.2. The van der Waals surface area contributed by atoms with Crippen LogP contribution in [-0.4, -0.2) is 44.6 Å². The molecule has 0 bridgehead atoms. The van der Waals surface area contributed by atoms with E-state index in [0.717, 1.165) is 26.2 Å². The molecule has 0 N–H and O–H groups in total. The van der Waals surface area contributed by atoms with Crippen molar-refractivity contribution in [3.05, 3.63) is 63.7 Å². The van der Waals surface area contributed by atoms with E-state index in [0.29, 0.717) is 8.64 Å². The van der Waals surface area contributed by atoms with Crippen LogP contribution in [0.2, 0.25) is 0 Å². The van der Waals surface area contributed by atoms with E-state index in [1.54, 1.807) is 0 Å². The Kier molecular flexibility index (Phi) is 35.8. The van der Waals surface area contributed by atoms with Crippen LogP contribution in [0.1, 0.15) is 34.6 Å². The molecular weight excluding hydrogens is 661 g/mol. The van der Waals surface area contributed by atoms with E-state index in [4.69, 9.17) is 49.7 Å². The van der Waals surface area contributed by atoms with Crippen molar-refractivity contribution < 1.29 is 39.4 Å². The fourth-order valence-electron chi connectivity index (χ4n) is 1.71. The zero-order chi connectivity index (χ0) is 21.1. The topological polar surface area (TPSA) is 6.48 Å². The van der Waals surface area contributed by atoms with Crippen LogP contribution in [-0.2, 0) is 64.7 Å². The minimum absolute atomic E-state index is 0. The molecule has 2 nitrogen and oxygen atoms in total. The molecule has 0 aromatic heterocycles. The third-order valence-corrected chi connectivity index (χ3v) is 4.40. The second-order valence-corrected chi connectivity index (χ2v) is 7.29. The van der Waals surface area contributed by atoms with Crippen LogP contribution in [0.3, 0.4) is 0 Å². The van der Waals surface area contributed by atoms with E-state index in [2.05, 4.69) is 26.2 Å². The summed E-state index contributed by atoms with van der Waals surface area (Å²) in [6.45, 7) is 14.0. The number of hydrogen-bond acceptors (Lipinski definition) is 4. The zero-order valence-electron chi connectivity index (χ0n) is 17.6. The third kappa shape index (κ3) is 25.6. The van der Waals surface area contributed by atoms with Crippen molar-refractivity contribution in [2.75, 3.05) is 26.2 Å². The van der Waals surface area contributed by atoms with Gasteiger partial charge in [-0.15, -0.1) is 0 Å². The van der Waals surface area contributed by atoms with Crippen molar-refractivity contribution in [2.24, 2.45) is 0 Å². The summed E-state index contributed by atoms with van der Waals surface area (Å²) in [4.78, 5) is 3.93. The van der Waals surface area contributed by atoms with Gasteiger partial charge < -0.3 is 65.9 Å². The molecule has 0 aromatic carbocycles. The summed E-state index contributed by atoms with van der Waals surface area (Å²) >= 11 is 19.0. The van der Waals surface area contributed by atoms with Gasteiger partial charge in [0.05, 0.1) is 0 Å². The molecule has 2 saturated carbocycles. The first-order chi connectivity index (χ1) is 12.8. The number of nitrogens with zero attached hydrogens (tertiary/aromatic N) is 2. The molecule has 2 rings (SSSR count). The third-order valence-electron chi connectivity index (χ3n) is 3.37. The maximum atomic E-state index is 4.76.